The van der Waals surface area contributed by atoms with E-state index in [1.807, 2.05) is 60.7 Å². The SMILES string of the molecule is O=Cc1ccc(N(C=C(c2ccccc2)c2ccccc2)c2ccc(C=CC=CC=Cc3ccccc3)c3ccccc23)cc1. The zero-order chi connectivity index (χ0) is 30.7. The van der Waals surface area contributed by atoms with Gasteiger partial charge in [-0.3, -0.25) is 4.79 Å². The third-order valence-corrected chi connectivity index (χ3v) is 7.63. The summed E-state index contributed by atoms with van der Waals surface area (Å²) in [5.74, 6) is 0. The van der Waals surface area contributed by atoms with Gasteiger partial charge in [0.15, 0.2) is 0 Å². The van der Waals surface area contributed by atoms with E-state index in [9.17, 15) is 4.79 Å². The lowest BCUT2D eigenvalue weighted by Crippen LogP contribution is -2.11. The van der Waals surface area contributed by atoms with Crippen molar-refractivity contribution in [3.8, 4) is 0 Å². The summed E-state index contributed by atoms with van der Waals surface area (Å²) in [6, 6.07) is 51.8. The molecule has 0 radical (unpaired) electrons. The summed E-state index contributed by atoms with van der Waals surface area (Å²) >= 11 is 0. The van der Waals surface area contributed by atoms with Crippen LogP contribution in [0.5, 0.6) is 0 Å². The van der Waals surface area contributed by atoms with E-state index in [2.05, 4.69) is 139 Å². The molecule has 0 saturated heterocycles. The summed E-state index contributed by atoms with van der Waals surface area (Å²) in [5.41, 5.74) is 8.31. The Bertz CT molecular complexity index is 1940. The Kier molecular flexibility index (Phi) is 9.35. The number of benzene rings is 6. The number of allylic oxidation sites excluding steroid dienone is 4. The average Bonchev–Trinajstić information content (AvgIpc) is 3.12. The van der Waals surface area contributed by atoms with Crippen molar-refractivity contribution in [2.45, 2.75) is 0 Å². The third kappa shape index (κ3) is 7.15. The number of carbonyl (C=O) groups is 1. The highest BCUT2D eigenvalue weighted by atomic mass is 16.1. The molecule has 0 saturated carbocycles. The van der Waals surface area contributed by atoms with Crippen LogP contribution >= 0.6 is 0 Å². The van der Waals surface area contributed by atoms with Gasteiger partial charge < -0.3 is 4.90 Å². The molecule has 0 aromatic heterocycles. The quantitative estimate of drug-likeness (QED) is 0.119. The van der Waals surface area contributed by atoms with Crippen molar-refractivity contribution >= 4 is 46.2 Å². The second-order valence-corrected chi connectivity index (χ2v) is 10.6. The highest BCUT2D eigenvalue weighted by molar-refractivity contribution is 6.02. The van der Waals surface area contributed by atoms with E-state index < -0.39 is 0 Å². The maximum atomic E-state index is 11.5. The molecule has 6 aromatic carbocycles. The van der Waals surface area contributed by atoms with E-state index in [1.54, 1.807) is 0 Å². The summed E-state index contributed by atoms with van der Waals surface area (Å²) in [6.45, 7) is 0. The predicted molar refractivity (Wildman–Crippen MR) is 192 cm³/mol. The van der Waals surface area contributed by atoms with Crippen LogP contribution in [-0.2, 0) is 0 Å². The van der Waals surface area contributed by atoms with E-state index in [4.69, 9.17) is 0 Å². The Morgan fingerprint density at radius 3 is 1.64 bits per heavy atom. The van der Waals surface area contributed by atoms with Gasteiger partial charge in [-0.15, -0.1) is 0 Å². The van der Waals surface area contributed by atoms with Gasteiger partial charge in [0.1, 0.15) is 6.29 Å². The minimum absolute atomic E-state index is 0.644. The molecule has 6 aromatic rings. The van der Waals surface area contributed by atoms with E-state index in [0.717, 1.165) is 50.7 Å². The maximum Gasteiger partial charge on any atom is 0.150 e. The van der Waals surface area contributed by atoms with Crippen molar-refractivity contribution in [3.63, 3.8) is 0 Å². The Hall–Kier alpha value is -5.99. The van der Waals surface area contributed by atoms with E-state index in [0.29, 0.717) is 5.56 Å². The van der Waals surface area contributed by atoms with Crippen molar-refractivity contribution in [1.29, 1.82) is 0 Å². The van der Waals surface area contributed by atoms with Crippen molar-refractivity contribution in [2.75, 3.05) is 4.90 Å². The van der Waals surface area contributed by atoms with Gasteiger partial charge in [0.25, 0.3) is 0 Å². The van der Waals surface area contributed by atoms with Gasteiger partial charge >= 0.3 is 0 Å². The van der Waals surface area contributed by atoms with Crippen LogP contribution in [0.2, 0.25) is 0 Å². The monoisotopic (exact) mass is 579 g/mol. The number of fused-ring (bicyclic) bond motifs is 1. The molecule has 0 unspecified atom stereocenters. The van der Waals surface area contributed by atoms with Gasteiger partial charge in [0, 0.05) is 28.4 Å². The van der Waals surface area contributed by atoms with Crippen LogP contribution < -0.4 is 4.90 Å². The minimum atomic E-state index is 0.644. The molecule has 216 valence electrons. The molecule has 0 amide bonds. The lowest BCUT2D eigenvalue weighted by atomic mass is 9.97. The van der Waals surface area contributed by atoms with E-state index in [1.165, 1.54) is 5.56 Å². The normalized spacial score (nSPS) is 11.4. The van der Waals surface area contributed by atoms with Crippen LogP contribution in [0.4, 0.5) is 11.4 Å². The van der Waals surface area contributed by atoms with E-state index >= 15 is 0 Å². The molecule has 0 heterocycles. The average molecular weight is 580 g/mol. The minimum Gasteiger partial charge on any atom is -0.316 e. The Morgan fingerprint density at radius 2 is 1.02 bits per heavy atom. The van der Waals surface area contributed by atoms with Crippen molar-refractivity contribution < 1.29 is 4.79 Å². The van der Waals surface area contributed by atoms with Crippen LogP contribution in [-0.4, -0.2) is 6.29 Å². The smallest absolute Gasteiger partial charge is 0.150 e. The number of anilines is 2. The largest absolute Gasteiger partial charge is 0.316 e. The number of nitrogens with zero attached hydrogens (tertiary/aromatic N) is 1. The zero-order valence-electron chi connectivity index (χ0n) is 24.9. The molecule has 0 spiro atoms. The Labute approximate surface area is 265 Å². The van der Waals surface area contributed by atoms with Crippen LogP contribution in [0.3, 0.4) is 0 Å². The first-order valence-electron chi connectivity index (χ1n) is 15.1. The molecule has 2 heteroatoms. The number of rotatable bonds is 10. The second kappa shape index (κ2) is 14.5. The van der Waals surface area contributed by atoms with Gasteiger partial charge in [-0.1, -0.05) is 158 Å². The van der Waals surface area contributed by atoms with Crippen LogP contribution in [0.25, 0.3) is 28.5 Å². The summed E-state index contributed by atoms with van der Waals surface area (Å²) < 4.78 is 0. The molecule has 0 N–H and O–H groups in total. The molecule has 6 rings (SSSR count). The lowest BCUT2D eigenvalue weighted by molar-refractivity contribution is 0.112. The third-order valence-electron chi connectivity index (χ3n) is 7.63. The fourth-order valence-corrected chi connectivity index (χ4v) is 5.36. The molecule has 0 fully saturated rings. The number of carbonyl (C=O) groups excluding carboxylic acids is 1. The number of aldehydes is 1. The highest BCUT2D eigenvalue weighted by Gasteiger charge is 2.15. The van der Waals surface area contributed by atoms with Gasteiger partial charge in [0.05, 0.1) is 5.69 Å². The summed E-state index contributed by atoms with van der Waals surface area (Å²) in [7, 11) is 0. The lowest BCUT2D eigenvalue weighted by Gasteiger charge is -2.25. The standard InChI is InChI=1S/C43H33NO/c45-33-35-26-29-39(30-27-35)44(32-42(36-19-10-4-11-20-36)37-21-12-5-13-22-37)43-31-28-38(40-24-14-15-25-41(40)43)23-9-2-1-6-16-34-17-7-3-8-18-34/h1-33H. The van der Waals surface area contributed by atoms with Gasteiger partial charge in [-0.2, -0.15) is 0 Å². The highest BCUT2D eigenvalue weighted by Crippen LogP contribution is 2.37. The zero-order valence-corrected chi connectivity index (χ0v) is 24.9. The fraction of sp³-hybridized carbons (Fsp3) is 0. The van der Waals surface area contributed by atoms with Crippen molar-refractivity contribution in [2.24, 2.45) is 0 Å². The fourth-order valence-electron chi connectivity index (χ4n) is 5.36. The molecule has 0 aliphatic rings. The molecular formula is C43H33NO. The van der Waals surface area contributed by atoms with Crippen molar-refractivity contribution in [1.82, 2.24) is 0 Å². The van der Waals surface area contributed by atoms with Crippen LogP contribution in [0, 0.1) is 0 Å². The topological polar surface area (TPSA) is 20.3 Å². The first-order chi connectivity index (χ1) is 22.3. The van der Waals surface area contributed by atoms with E-state index in [-0.39, 0.29) is 0 Å². The first kappa shape index (κ1) is 29.1. The maximum absolute atomic E-state index is 11.5. The number of hydrogen-bond acceptors (Lipinski definition) is 2. The molecule has 2 nitrogen and oxygen atoms in total. The molecular weight excluding hydrogens is 546 g/mol. The molecule has 0 bridgehead atoms. The molecule has 45 heavy (non-hydrogen) atoms. The summed E-state index contributed by atoms with van der Waals surface area (Å²) in [4.78, 5) is 13.7. The van der Waals surface area contributed by atoms with Crippen molar-refractivity contribution in [3.05, 3.63) is 210 Å². The summed E-state index contributed by atoms with van der Waals surface area (Å²) in [6.07, 6.45) is 15.6. The second-order valence-electron chi connectivity index (χ2n) is 10.6. The number of hydrogen-bond donors (Lipinski definition) is 0. The van der Waals surface area contributed by atoms with Gasteiger partial charge in [-0.05, 0) is 58.0 Å². The molecule has 0 aliphatic heterocycles. The van der Waals surface area contributed by atoms with Crippen LogP contribution in [0.15, 0.2) is 182 Å². The van der Waals surface area contributed by atoms with Gasteiger partial charge in [-0.25, -0.2) is 0 Å². The Balaban J connectivity index is 1.43. The summed E-state index contributed by atoms with van der Waals surface area (Å²) in [5, 5.41) is 2.28. The predicted octanol–water partition coefficient (Wildman–Crippen LogP) is 11.2. The first-order valence-corrected chi connectivity index (χ1v) is 15.1. The Morgan fingerprint density at radius 1 is 0.467 bits per heavy atom. The van der Waals surface area contributed by atoms with Gasteiger partial charge in [0.2, 0.25) is 0 Å². The molecule has 0 aliphatic carbocycles. The molecule has 0 atom stereocenters. The van der Waals surface area contributed by atoms with Crippen LogP contribution in [0.1, 0.15) is 32.6 Å².